The van der Waals surface area contributed by atoms with Crippen LogP contribution in [-0.2, 0) is 13.8 Å². The van der Waals surface area contributed by atoms with Crippen molar-refractivity contribution in [3.05, 3.63) is 23.0 Å². The molecular weight excluding hydrogens is 365 g/mol. The van der Waals surface area contributed by atoms with Crippen LogP contribution in [0.2, 0.25) is 0 Å². The Hall–Kier alpha value is 0.380. The fraction of sp³-hybridized carbons (Fsp3) is 0.500. The third kappa shape index (κ3) is 4.97. The second-order valence-corrected chi connectivity index (χ2v) is 5.88. The summed E-state index contributed by atoms with van der Waals surface area (Å²) in [5, 5.41) is 9.86. The minimum Gasteiger partial charge on any atom is -0.790 e. The Balaban J connectivity index is 0.00000144. The van der Waals surface area contributed by atoms with Gasteiger partial charge in [0.05, 0.1) is 33.2 Å². The van der Waals surface area contributed by atoms with Crippen LogP contribution in [0.25, 0.3) is 11.2 Å². The molecule has 2 aromatic heterocycles. The van der Waals surface area contributed by atoms with E-state index in [0.717, 1.165) is 0 Å². The van der Waals surface area contributed by atoms with Crippen molar-refractivity contribution in [2.24, 2.45) is 0 Å². The number of rotatable bonds is 4. The summed E-state index contributed by atoms with van der Waals surface area (Å²) in [4.78, 5) is 42.8. The zero-order valence-electron chi connectivity index (χ0n) is 13.0. The Morgan fingerprint density at radius 2 is 2.17 bits per heavy atom. The maximum Gasteiger partial charge on any atom is 1.00 e. The van der Waals surface area contributed by atoms with E-state index in [9.17, 15) is 24.3 Å². The Morgan fingerprint density at radius 1 is 1.46 bits per heavy atom. The number of nitrogens with one attached hydrogen (secondary N) is 1. The zero-order chi connectivity index (χ0) is 15.9. The largest absolute Gasteiger partial charge is 1.00 e. The maximum atomic E-state index is 11.6. The number of aromatic amines is 1. The first-order valence-corrected chi connectivity index (χ1v) is 7.71. The number of hydrogen-bond acceptors (Lipinski definition) is 9. The molecule has 0 spiro atoms. The average molecular weight is 376 g/mol. The molecule has 2 N–H and O–H groups in total. The molecule has 1 fully saturated rings. The van der Waals surface area contributed by atoms with E-state index in [-0.39, 0.29) is 76.7 Å². The molecule has 3 atom stereocenters. The van der Waals surface area contributed by atoms with Gasteiger partial charge in [-0.1, -0.05) is 0 Å². The molecule has 120 valence electrons. The zero-order valence-corrected chi connectivity index (χ0v) is 17.9. The standard InChI is InChI=1S/C10H13N4O7P.2Na/c15-5-1-7(21-6(5)2-20-22(17,18)19)14-4-13-8-9(14)11-3-12-10(8)16;;/h3-7,15H,1-2H2,(H,11,12,16)(H2,17,18,19);;/q;2*+1/p-2/t5-,6+,7+;;/m0../s1. The summed E-state index contributed by atoms with van der Waals surface area (Å²) < 4.78 is 21.5. The third-order valence-electron chi connectivity index (χ3n) is 3.28. The smallest absolute Gasteiger partial charge is 0.790 e. The van der Waals surface area contributed by atoms with Gasteiger partial charge in [-0.2, -0.15) is 0 Å². The van der Waals surface area contributed by atoms with Gasteiger partial charge in [0.2, 0.25) is 0 Å². The van der Waals surface area contributed by atoms with E-state index in [2.05, 4.69) is 19.5 Å². The van der Waals surface area contributed by atoms with Gasteiger partial charge >= 0.3 is 59.1 Å². The number of aromatic nitrogens is 4. The first-order valence-electron chi connectivity index (χ1n) is 6.25. The van der Waals surface area contributed by atoms with Crippen molar-refractivity contribution in [1.82, 2.24) is 19.5 Å². The molecule has 1 aliphatic heterocycles. The van der Waals surface area contributed by atoms with Crippen molar-refractivity contribution in [1.29, 1.82) is 0 Å². The molecule has 24 heavy (non-hydrogen) atoms. The quantitative estimate of drug-likeness (QED) is 0.389. The van der Waals surface area contributed by atoms with Gasteiger partial charge in [0.1, 0.15) is 12.3 Å². The minimum atomic E-state index is -5.14. The van der Waals surface area contributed by atoms with Crippen LogP contribution >= 0.6 is 7.82 Å². The van der Waals surface area contributed by atoms with Crippen LogP contribution in [0.1, 0.15) is 12.6 Å². The van der Waals surface area contributed by atoms with Gasteiger partial charge in [-0.05, 0) is 0 Å². The number of nitrogens with zero attached hydrogens (tertiary/aromatic N) is 3. The van der Waals surface area contributed by atoms with E-state index in [1.54, 1.807) is 0 Å². The van der Waals surface area contributed by atoms with Crippen LogP contribution in [0.5, 0.6) is 0 Å². The topological polar surface area (TPSA) is 165 Å². The van der Waals surface area contributed by atoms with E-state index in [0.29, 0.717) is 0 Å². The molecule has 1 aliphatic rings. The Morgan fingerprint density at radius 3 is 2.83 bits per heavy atom. The number of hydrogen-bond donors (Lipinski definition) is 2. The van der Waals surface area contributed by atoms with Crippen LogP contribution in [0, 0.1) is 0 Å². The second kappa shape index (κ2) is 8.85. The molecule has 14 heteroatoms. The molecule has 3 heterocycles. The molecular formula is C10H11N4Na2O7P. The SMILES string of the molecule is O=c1[nH]cnc2c1ncn2[C@H]1C[C@H](O)[C@@H](COP(=O)([O-])[O-])O1.[Na+].[Na+]. The third-order valence-corrected chi connectivity index (χ3v) is 3.74. The number of aliphatic hydroxyl groups excluding tert-OH is 1. The van der Waals surface area contributed by atoms with Gasteiger partial charge < -0.3 is 33.7 Å². The summed E-state index contributed by atoms with van der Waals surface area (Å²) in [5.74, 6) is 0. The number of aliphatic hydroxyl groups is 1. The summed E-state index contributed by atoms with van der Waals surface area (Å²) in [5.41, 5.74) is -0.0365. The van der Waals surface area contributed by atoms with Crippen molar-refractivity contribution in [3.8, 4) is 0 Å². The Bertz CT molecular complexity index is 793. The summed E-state index contributed by atoms with van der Waals surface area (Å²) in [6, 6.07) is 0. The van der Waals surface area contributed by atoms with Gasteiger partial charge in [-0.3, -0.25) is 9.36 Å². The molecule has 3 rings (SSSR count). The number of fused-ring (bicyclic) bond motifs is 1. The molecule has 11 nitrogen and oxygen atoms in total. The molecule has 1 saturated heterocycles. The van der Waals surface area contributed by atoms with Crippen LogP contribution in [0.3, 0.4) is 0 Å². The van der Waals surface area contributed by atoms with Gasteiger partial charge in [0.15, 0.2) is 11.2 Å². The normalized spacial score (nSPS) is 23.7. The van der Waals surface area contributed by atoms with Crippen LogP contribution in [-0.4, -0.2) is 43.4 Å². The minimum absolute atomic E-state index is 0. The number of phosphoric ester groups is 1. The predicted molar refractivity (Wildman–Crippen MR) is 66.2 cm³/mol. The molecule has 0 amide bonds. The van der Waals surface area contributed by atoms with Crippen LogP contribution in [0.15, 0.2) is 17.4 Å². The molecule has 0 bridgehead atoms. The van der Waals surface area contributed by atoms with Crippen molar-refractivity contribution >= 4 is 19.0 Å². The molecule has 0 saturated carbocycles. The van der Waals surface area contributed by atoms with E-state index >= 15 is 0 Å². The van der Waals surface area contributed by atoms with Gasteiger partial charge in [-0.25, -0.2) is 9.97 Å². The number of imidazole rings is 1. The summed E-state index contributed by atoms with van der Waals surface area (Å²) >= 11 is 0. The summed E-state index contributed by atoms with van der Waals surface area (Å²) in [6.45, 7) is -0.581. The van der Waals surface area contributed by atoms with Crippen molar-refractivity contribution in [2.45, 2.75) is 24.9 Å². The number of H-pyrrole nitrogens is 1. The first-order chi connectivity index (χ1) is 10.3. The van der Waals surface area contributed by atoms with E-state index in [1.165, 1.54) is 17.2 Å². The van der Waals surface area contributed by atoms with E-state index in [1.807, 2.05) is 0 Å². The van der Waals surface area contributed by atoms with Crippen molar-refractivity contribution < 1.29 is 87.8 Å². The molecule has 2 aromatic rings. The second-order valence-electron chi connectivity index (χ2n) is 4.73. The molecule has 0 aromatic carbocycles. The van der Waals surface area contributed by atoms with Crippen molar-refractivity contribution in [3.63, 3.8) is 0 Å². The van der Waals surface area contributed by atoms with Gasteiger partial charge in [0.25, 0.3) is 5.56 Å². The fourth-order valence-corrected chi connectivity index (χ4v) is 2.60. The van der Waals surface area contributed by atoms with E-state index in [4.69, 9.17) is 4.74 Å². The van der Waals surface area contributed by atoms with Gasteiger partial charge in [0, 0.05) is 6.42 Å². The summed E-state index contributed by atoms with van der Waals surface area (Å²) in [6.07, 6.45) is -0.0764. The van der Waals surface area contributed by atoms with Crippen LogP contribution in [0.4, 0.5) is 0 Å². The Kier molecular flexibility index (Phi) is 8.27. The predicted octanol–water partition coefficient (Wildman–Crippen LogP) is -8.38. The maximum absolute atomic E-state index is 11.6. The van der Waals surface area contributed by atoms with Crippen molar-refractivity contribution in [2.75, 3.05) is 6.61 Å². The van der Waals surface area contributed by atoms with E-state index < -0.39 is 38.4 Å². The molecule has 0 unspecified atom stereocenters. The Labute approximate surface area is 179 Å². The number of phosphoric acid groups is 1. The molecule has 0 radical (unpaired) electrons. The monoisotopic (exact) mass is 376 g/mol. The average Bonchev–Trinajstić information content (AvgIpc) is 3.00. The molecule has 0 aliphatic carbocycles. The van der Waals surface area contributed by atoms with Gasteiger partial charge in [-0.15, -0.1) is 0 Å². The number of ether oxygens (including phenoxy) is 1. The summed E-state index contributed by atoms with van der Waals surface area (Å²) in [7, 11) is -5.14. The van der Waals surface area contributed by atoms with Crippen LogP contribution < -0.4 is 74.5 Å². The first kappa shape index (κ1) is 22.4. The fourth-order valence-electron chi connectivity index (χ4n) is 2.27.